The van der Waals surface area contributed by atoms with Crippen LogP contribution >= 0.6 is 22.9 Å². The van der Waals surface area contributed by atoms with E-state index in [2.05, 4.69) is 52.0 Å². The molecule has 2 heterocycles. The molecular weight excluding hydrogens is 388 g/mol. The molecule has 0 spiro atoms. The Bertz CT molecular complexity index is 924. The van der Waals surface area contributed by atoms with Crippen molar-refractivity contribution in [1.29, 1.82) is 0 Å². The summed E-state index contributed by atoms with van der Waals surface area (Å²) in [5.41, 5.74) is 3.23. The zero-order valence-corrected chi connectivity index (χ0v) is 17.2. The van der Waals surface area contributed by atoms with Gasteiger partial charge in [-0.3, -0.25) is 9.69 Å². The highest BCUT2D eigenvalue weighted by atomic mass is 35.5. The predicted octanol–water partition coefficient (Wildman–Crippen LogP) is 6.06. The van der Waals surface area contributed by atoms with Gasteiger partial charge in [0.05, 0.1) is 6.04 Å². The summed E-state index contributed by atoms with van der Waals surface area (Å²) in [6.45, 7) is 1.73. The van der Waals surface area contributed by atoms with Crippen molar-refractivity contribution in [1.82, 2.24) is 4.90 Å². The van der Waals surface area contributed by atoms with Crippen molar-refractivity contribution in [2.45, 2.75) is 31.8 Å². The average Bonchev–Trinajstić information content (AvgIpc) is 3.24. The molecule has 0 bridgehead atoms. The number of nitrogens with one attached hydrogen (secondary N) is 1. The molecule has 28 heavy (non-hydrogen) atoms. The molecule has 2 aromatic carbocycles. The van der Waals surface area contributed by atoms with E-state index in [9.17, 15) is 4.79 Å². The summed E-state index contributed by atoms with van der Waals surface area (Å²) in [4.78, 5) is 16.5. The zero-order chi connectivity index (χ0) is 19.3. The fourth-order valence-electron chi connectivity index (χ4n) is 3.72. The number of nitrogens with zero attached hydrogens (tertiary/aromatic N) is 1. The molecule has 1 N–H and O–H groups in total. The Morgan fingerprint density at radius 2 is 1.96 bits per heavy atom. The molecule has 1 amide bonds. The van der Waals surface area contributed by atoms with Gasteiger partial charge in [0.15, 0.2) is 0 Å². The summed E-state index contributed by atoms with van der Waals surface area (Å²) in [6, 6.07) is 20.1. The molecule has 1 atom stereocenters. The average molecular weight is 411 g/mol. The van der Waals surface area contributed by atoms with E-state index in [4.69, 9.17) is 11.6 Å². The van der Waals surface area contributed by atoms with E-state index in [0.29, 0.717) is 5.02 Å². The second-order valence-electron chi connectivity index (χ2n) is 7.16. The molecular formula is C23H23ClN2OS. The van der Waals surface area contributed by atoms with Gasteiger partial charge in [-0.05, 0) is 60.2 Å². The maximum atomic E-state index is 12.9. The molecule has 1 fully saturated rings. The van der Waals surface area contributed by atoms with Crippen LogP contribution in [0.2, 0.25) is 5.02 Å². The van der Waals surface area contributed by atoms with E-state index in [-0.39, 0.29) is 11.9 Å². The van der Waals surface area contributed by atoms with Gasteiger partial charge in [0.1, 0.15) is 0 Å². The number of piperidine rings is 1. The number of thiophene rings is 1. The summed E-state index contributed by atoms with van der Waals surface area (Å²) < 4.78 is 0. The zero-order valence-electron chi connectivity index (χ0n) is 15.6. The van der Waals surface area contributed by atoms with Crippen molar-refractivity contribution in [2.24, 2.45) is 0 Å². The third kappa shape index (κ3) is 4.64. The van der Waals surface area contributed by atoms with Crippen molar-refractivity contribution in [3.63, 3.8) is 0 Å². The molecule has 1 aliphatic heterocycles. The maximum absolute atomic E-state index is 12.9. The normalized spacial score (nSPS) is 17.4. The molecule has 0 saturated carbocycles. The Morgan fingerprint density at radius 3 is 2.71 bits per heavy atom. The van der Waals surface area contributed by atoms with Gasteiger partial charge < -0.3 is 5.32 Å². The van der Waals surface area contributed by atoms with Crippen LogP contribution in [-0.4, -0.2) is 23.4 Å². The van der Waals surface area contributed by atoms with Crippen molar-refractivity contribution in [2.75, 3.05) is 11.9 Å². The first-order valence-corrected chi connectivity index (χ1v) is 10.9. The lowest BCUT2D eigenvalue weighted by Crippen LogP contribution is -2.46. The van der Waals surface area contributed by atoms with E-state index < -0.39 is 0 Å². The molecule has 144 valence electrons. The monoisotopic (exact) mass is 410 g/mol. The quantitative estimate of drug-likeness (QED) is 0.554. The van der Waals surface area contributed by atoms with Crippen LogP contribution in [0.4, 0.5) is 5.69 Å². The lowest BCUT2D eigenvalue weighted by atomic mass is 10.00. The largest absolute Gasteiger partial charge is 0.325 e. The number of amides is 1. The Labute approximate surface area is 175 Å². The predicted molar refractivity (Wildman–Crippen MR) is 118 cm³/mol. The fraction of sp³-hybridized carbons (Fsp3) is 0.261. The molecule has 1 aromatic heterocycles. The molecule has 1 saturated heterocycles. The van der Waals surface area contributed by atoms with E-state index in [0.717, 1.165) is 38.0 Å². The molecule has 3 aromatic rings. The molecule has 5 heteroatoms. The van der Waals surface area contributed by atoms with E-state index in [1.807, 2.05) is 18.2 Å². The number of likely N-dealkylation sites (tertiary alicyclic amines) is 1. The Morgan fingerprint density at radius 1 is 1.11 bits per heavy atom. The van der Waals surface area contributed by atoms with Crippen molar-refractivity contribution in [3.05, 3.63) is 76.6 Å². The van der Waals surface area contributed by atoms with Crippen LogP contribution in [-0.2, 0) is 11.3 Å². The van der Waals surface area contributed by atoms with Gasteiger partial charge >= 0.3 is 0 Å². The van der Waals surface area contributed by atoms with Crippen molar-refractivity contribution >= 4 is 34.5 Å². The number of carbonyl (C=O) groups excluding carboxylic acids is 1. The minimum atomic E-state index is -0.107. The summed E-state index contributed by atoms with van der Waals surface area (Å²) in [5, 5.41) is 5.76. The highest BCUT2D eigenvalue weighted by Crippen LogP contribution is 2.26. The first-order valence-electron chi connectivity index (χ1n) is 9.62. The number of hydrogen-bond donors (Lipinski definition) is 1. The van der Waals surface area contributed by atoms with Gasteiger partial charge in [-0.25, -0.2) is 0 Å². The summed E-state index contributed by atoms with van der Waals surface area (Å²) in [5.74, 6) is 0.0529. The van der Waals surface area contributed by atoms with Gasteiger partial charge in [0, 0.05) is 22.1 Å². The first-order chi connectivity index (χ1) is 13.7. The summed E-state index contributed by atoms with van der Waals surface area (Å²) in [6.07, 6.45) is 3.11. The van der Waals surface area contributed by atoms with Crippen molar-refractivity contribution < 1.29 is 4.79 Å². The van der Waals surface area contributed by atoms with Crippen LogP contribution in [0, 0.1) is 0 Å². The van der Waals surface area contributed by atoms with Gasteiger partial charge in [0.2, 0.25) is 5.91 Å². The second kappa shape index (κ2) is 8.91. The van der Waals surface area contributed by atoms with Crippen LogP contribution in [0.3, 0.4) is 0 Å². The van der Waals surface area contributed by atoms with Crippen LogP contribution in [0.25, 0.3) is 10.4 Å². The number of rotatable bonds is 5. The van der Waals surface area contributed by atoms with Crippen LogP contribution in [0.1, 0.15) is 24.8 Å². The minimum absolute atomic E-state index is 0.0529. The molecule has 1 aliphatic rings. The second-order valence-corrected chi connectivity index (χ2v) is 8.54. The number of halogens is 1. The molecule has 4 rings (SSSR count). The molecule has 0 radical (unpaired) electrons. The van der Waals surface area contributed by atoms with E-state index >= 15 is 0 Å². The highest BCUT2D eigenvalue weighted by Gasteiger charge is 2.28. The Hall–Kier alpha value is -2.14. The summed E-state index contributed by atoms with van der Waals surface area (Å²) >= 11 is 7.79. The standard InChI is InChI=1S/C23H23ClN2OS/c24-19-5-3-6-20(15-19)25-23(27)21-7-1-2-13-26(21)16-17-9-11-18(12-10-17)22-8-4-14-28-22/h3-6,8-12,14-15,21H,1-2,7,13,16H2,(H,25,27). The lowest BCUT2D eigenvalue weighted by molar-refractivity contribution is -0.122. The van der Waals surface area contributed by atoms with E-state index in [1.54, 1.807) is 17.4 Å². The smallest absolute Gasteiger partial charge is 0.241 e. The number of anilines is 1. The molecule has 3 nitrogen and oxygen atoms in total. The lowest BCUT2D eigenvalue weighted by Gasteiger charge is -2.34. The fourth-order valence-corrected chi connectivity index (χ4v) is 4.64. The Balaban J connectivity index is 1.44. The first kappa shape index (κ1) is 19.2. The van der Waals surface area contributed by atoms with Crippen LogP contribution in [0.5, 0.6) is 0 Å². The third-order valence-corrected chi connectivity index (χ3v) is 6.31. The van der Waals surface area contributed by atoms with Gasteiger partial charge in [-0.1, -0.05) is 54.4 Å². The van der Waals surface area contributed by atoms with Crippen LogP contribution < -0.4 is 5.32 Å². The summed E-state index contributed by atoms with van der Waals surface area (Å²) in [7, 11) is 0. The Kier molecular flexibility index (Phi) is 6.10. The van der Waals surface area contributed by atoms with Gasteiger partial charge in [0.25, 0.3) is 0 Å². The molecule has 0 aliphatic carbocycles. The topological polar surface area (TPSA) is 32.3 Å². The maximum Gasteiger partial charge on any atom is 0.241 e. The third-order valence-electron chi connectivity index (χ3n) is 5.15. The van der Waals surface area contributed by atoms with Crippen LogP contribution in [0.15, 0.2) is 66.0 Å². The molecule has 1 unspecified atom stereocenters. The highest BCUT2D eigenvalue weighted by molar-refractivity contribution is 7.13. The number of hydrogen-bond acceptors (Lipinski definition) is 3. The van der Waals surface area contributed by atoms with Gasteiger partial charge in [-0.2, -0.15) is 0 Å². The number of benzene rings is 2. The number of carbonyl (C=O) groups is 1. The van der Waals surface area contributed by atoms with Crippen molar-refractivity contribution in [3.8, 4) is 10.4 Å². The van der Waals surface area contributed by atoms with Gasteiger partial charge in [-0.15, -0.1) is 11.3 Å². The SMILES string of the molecule is O=C(Nc1cccc(Cl)c1)C1CCCCN1Cc1ccc(-c2cccs2)cc1. The minimum Gasteiger partial charge on any atom is -0.325 e. The van der Waals surface area contributed by atoms with E-state index in [1.165, 1.54) is 16.0 Å².